The number of aryl methyl sites for hydroxylation is 1. The molecule has 1 aliphatic heterocycles. The van der Waals surface area contributed by atoms with Crippen LogP contribution >= 0.6 is 11.6 Å². The lowest BCUT2D eigenvalue weighted by Gasteiger charge is -2.23. The number of rotatable bonds is 11. The van der Waals surface area contributed by atoms with Crippen molar-refractivity contribution in [3.05, 3.63) is 94.8 Å². The zero-order valence-corrected chi connectivity index (χ0v) is 26.1. The van der Waals surface area contributed by atoms with Gasteiger partial charge >= 0.3 is 0 Å². The number of nitrogens with one attached hydrogen (secondary N) is 1. The van der Waals surface area contributed by atoms with Gasteiger partial charge in [-0.1, -0.05) is 53.6 Å². The molecule has 1 N–H and O–H groups in total. The summed E-state index contributed by atoms with van der Waals surface area (Å²) in [5.74, 6) is 2.39. The molecule has 5 aromatic rings. The molecule has 13 heteroatoms. The molecule has 3 aromatic carbocycles. The molecule has 0 atom stereocenters. The summed E-state index contributed by atoms with van der Waals surface area (Å²) in [5, 5.41) is 4.06. The molecular formula is C31H32ClN7O4S. The number of halogens is 1. The van der Waals surface area contributed by atoms with E-state index in [1.54, 1.807) is 37.6 Å². The highest BCUT2D eigenvalue weighted by atomic mass is 35.5. The normalized spacial score (nSPS) is 12.7. The SMILES string of the molecule is Cc1ccc(S(=O)(=O)N(C)CCN(C)c2nc(NCc3ccc4c(c3)OCO4)c3ncn(Cc4ccccc4Cl)c3n2)cc1. The van der Waals surface area contributed by atoms with Crippen molar-refractivity contribution in [1.82, 2.24) is 23.8 Å². The lowest BCUT2D eigenvalue weighted by Crippen LogP contribution is -2.35. The summed E-state index contributed by atoms with van der Waals surface area (Å²) in [4.78, 5) is 16.4. The third kappa shape index (κ3) is 6.14. The minimum absolute atomic E-state index is 0.207. The van der Waals surface area contributed by atoms with Gasteiger partial charge in [-0.25, -0.2) is 13.4 Å². The molecule has 0 aliphatic carbocycles. The highest BCUT2D eigenvalue weighted by Crippen LogP contribution is 2.33. The number of ether oxygens (including phenoxy) is 2. The zero-order valence-electron chi connectivity index (χ0n) is 24.6. The Hall–Kier alpha value is -4.39. The van der Waals surface area contributed by atoms with E-state index in [2.05, 4.69) is 10.3 Å². The van der Waals surface area contributed by atoms with Gasteiger partial charge in [-0.05, 0) is 48.4 Å². The number of hydrogen-bond donors (Lipinski definition) is 1. The van der Waals surface area contributed by atoms with E-state index in [0.717, 1.165) is 22.4 Å². The Balaban J connectivity index is 1.27. The van der Waals surface area contributed by atoms with Crippen molar-refractivity contribution in [2.75, 3.05) is 44.2 Å². The number of hydrogen-bond acceptors (Lipinski definition) is 9. The summed E-state index contributed by atoms with van der Waals surface area (Å²) in [6.45, 7) is 3.64. The molecule has 3 heterocycles. The lowest BCUT2D eigenvalue weighted by atomic mass is 10.2. The Bertz CT molecular complexity index is 1910. The van der Waals surface area contributed by atoms with E-state index in [0.29, 0.717) is 53.3 Å². The van der Waals surface area contributed by atoms with E-state index in [1.165, 1.54) is 4.31 Å². The van der Waals surface area contributed by atoms with E-state index < -0.39 is 10.0 Å². The van der Waals surface area contributed by atoms with Crippen LogP contribution in [0.2, 0.25) is 5.02 Å². The van der Waals surface area contributed by atoms with Gasteiger partial charge in [-0.2, -0.15) is 14.3 Å². The van der Waals surface area contributed by atoms with Crippen LogP contribution in [0.25, 0.3) is 11.2 Å². The topological polar surface area (TPSA) is 115 Å². The summed E-state index contributed by atoms with van der Waals surface area (Å²) in [5.41, 5.74) is 4.13. The molecule has 0 fully saturated rings. The maximum atomic E-state index is 13.2. The number of anilines is 2. The van der Waals surface area contributed by atoms with Crippen LogP contribution in [0, 0.1) is 6.92 Å². The number of likely N-dealkylation sites (N-methyl/N-ethyl adjacent to an activating group) is 2. The van der Waals surface area contributed by atoms with Gasteiger partial charge in [-0.3, -0.25) is 0 Å². The molecular weight excluding hydrogens is 602 g/mol. The standard InChI is InChI=1S/C31H32ClN7O4S/c1-21-8-11-24(12-9-21)44(40,41)38(3)15-14-37(2)31-35-29(33-17-22-10-13-26-27(16-22)43-20-42-26)28-30(36-31)39(19-34-28)18-23-6-4-5-7-25(23)32/h4-13,16,19H,14-15,17-18,20H2,1-3H3,(H,33,35,36). The van der Waals surface area contributed by atoms with E-state index >= 15 is 0 Å². The summed E-state index contributed by atoms with van der Waals surface area (Å²) in [6, 6.07) is 20.3. The van der Waals surface area contributed by atoms with Crippen molar-refractivity contribution in [3.63, 3.8) is 0 Å². The first-order valence-electron chi connectivity index (χ1n) is 14.0. The van der Waals surface area contributed by atoms with Gasteiger partial charge in [0.05, 0.1) is 17.8 Å². The number of nitrogens with zero attached hydrogens (tertiary/aromatic N) is 6. The Morgan fingerprint density at radius 1 is 0.977 bits per heavy atom. The Labute approximate surface area is 261 Å². The highest BCUT2D eigenvalue weighted by Gasteiger charge is 2.22. The minimum Gasteiger partial charge on any atom is -0.454 e. The summed E-state index contributed by atoms with van der Waals surface area (Å²) >= 11 is 6.46. The fourth-order valence-electron chi connectivity index (χ4n) is 4.79. The Morgan fingerprint density at radius 3 is 2.55 bits per heavy atom. The van der Waals surface area contributed by atoms with Crippen LogP contribution in [-0.2, 0) is 23.1 Å². The molecule has 0 saturated heterocycles. The molecule has 0 amide bonds. The Kier molecular flexibility index (Phi) is 8.30. The molecule has 0 unspecified atom stereocenters. The van der Waals surface area contributed by atoms with Crippen LogP contribution in [-0.4, -0.2) is 66.2 Å². The number of aromatic nitrogens is 4. The van der Waals surface area contributed by atoms with Gasteiger partial charge < -0.3 is 24.3 Å². The van der Waals surface area contributed by atoms with Crippen LogP contribution in [0.15, 0.2) is 78.0 Å². The van der Waals surface area contributed by atoms with Crippen molar-refractivity contribution in [1.29, 1.82) is 0 Å². The molecule has 228 valence electrons. The van der Waals surface area contributed by atoms with Crippen LogP contribution in [0.3, 0.4) is 0 Å². The monoisotopic (exact) mass is 633 g/mol. The second-order valence-electron chi connectivity index (χ2n) is 10.6. The second-order valence-corrected chi connectivity index (χ2v) is 13.1. The van der Waals surface area contributed by atoms with Crippen molar-refractivity contribution >= 4 is 44.6 Å². The second kappa shape index (κ2) is 12.3. The first kappa shape index (κ1) is 29.7. The summed E-state index contributed by atoms with van der Waals surface area (Å²) in [6.07, 6.45) is 1.72. The third-order valence-corrected chi connectivity index (χ3v) is 9.71. The van der Waals surface area contributed by atoms with Gasteiger partial charge in [0, 0.05) is 38.8 Å². The fourth-order valence-corrected chi connectivity index (χ4v) is 6.15. The lowest BCUT2D eigenvalue weighted by molar-refractivity contribution is 0.174. The summed E-state index contributed by atoms with van der Waals surface area (Å²) in [7, 11) is -0.238. The van der Waals surface area contributed by atoms with Crippen LogP contribution in [0.4, 0.5) is 11.8 Å². The average molecular weight is 634 g/mol. The predicted molar refractivity (Wildman–Crippen MR) is 170 cm³/mol. The predicted octanol–water partition coefficient (Wildman–Crippen LogP) is 4.93. The van der Waals surface area contributed by atoms with Crippen LogP contribution in [0.1, 0.15) is 16.7 Å². The van der Waals surface area contributed by atoms with Crippen LogP contribution in [0.5, 0.6) is 11.5 Å². The maximum absolute atomic E-state index is 13.2. The van der Waals surface area contributed by atoms with Crippen LogP contribution < -0.4 is 19.7 Å². The molecule has 0 bridgehead atoms. The maximum Gasteiger partial charge on any atom is 0.242 e. The average Bonchev–Trinajstić information content (AvgIpc) is 3.66. The highest BCUT2D eigenvalue weighted by molar-refractivity contribution is 7.89. The smallest absolute Gasteiger partial charge is 0.242 e. The van der Waals surface area contributed by atoms with E-state index in [-0.39, 0.29) is 18.2 Å². The molecule has 0 spiro atoms. The minimum atomic E-state index is -3.65. The fraction of sp³-hybridized carbons (Fsp3) is 0.258. The molecule has 6 rings (SSSR count). The van der Waals surface area contributed by atoms with Crippen molar-refractivity contribution < 1.29 is 17.9 Å². The number of sulfonamides is 1. The first-order chi connectivity index (χ1) is 21.2. The van der Waals surface area contributed by atoms with Gasteiger partial charge in [0.2, 0.25) is 22.8 Å². The largest absolute Gasteiger partial charge is 0.454 e. The molecule has 0 saturated carbocycles. The third-order valence-electron chi connectivity index (χ3n) is 7.47. The first-order valence-corrected chi connectivity index (χ1v) is 15.8. The van der Waals surface area contributed by atoms with Gasteiger partial charge in [-0.15, -0.1) is 0 Å². The van der Waals surface area contributed by atoms with E-state index in [9.17, 15) is 8.42 Å². The Morgan fingerprint density at radius 2 is 1.75 bits per heavy atom. The quantitative estimate of drug-likeness (QED) is 0.216. The van der Waals surface area contributed by atoms with E-state index in [4.69, 9.17) is 31.0 Å². The van der Waals surface area contributed by atoms with Crippen molar-refractivity contribution in [2.45, 2.75) is 24.9 Å². The number of fused-ring (bicyclic) bond motifs is 2. The molecule has 2 aromatic heterocycles. The van der Waals surface area contributed by atoms with Crippen molar-refractivity contribution in [2.24, 2.45) is 0 Å². The van der Waals surface area contributed by atoms with Gasteiger partial charge in [0.25, 0.3) is 0 Å². The van der Waals surface area contributed by atoms with E-state index in [1.807, 2.05) is 65.9 Å². The number of imidazole rings is 1. The molecule has 44 heavy (non-hydrogen) atoms. The van der Waals surface area contributed by atoms with Gasteiger partial charge in [0.1, 0.15) is 0 Å². The molecule has 11 nitrogen and oxygen atoms in total. The molecule has 0 radical (unpaired) electrons. The zero-order chi connectivity index (χ0) is 30.8. The number of benzene rings is 3. The summed E-state index contributed by atoms with van der Waals surface area (Å²) < 4.78 is 40.5. The van der Waals surface area contributed by atoms with Gasteiger partial charge in [0.15, 0.2) is 28.5 Å². The van der Waals surface area contributed by atoms with Crippen molar-refractivity contribution in [3.8, 4) is 11.5 Å². The molecule has 1 aliphatic rings.